The number of methoxy groups -OCH3 is 2. The first-order chi connectivity index (χ1) is 15.9. The van der Waals surface area contributed by atoms with E-state index in [1.54, 1.807) is 14.2 Å². The predicted octanol–water partition coefficient (Wildman–Crippen LogP) is 4.28. The summed E-state index contributed by atoms with van der Waals surface area (Å²) in [6.45, 7) is 4.17. The van der Waals surface area contributed by atoms with Crippen molar-refractivity contribution in [3.63, 3.8) is 0 Å². The van der Waals surface area contributed by atoms with E-state index in [1.807, 2.05) is 44.2 Å². The highest BCUT2D eigenvalue weighted by molar-refractivity contribution is 6.00. The number of ketones is 1. The molecule has 0 amide bonds. The quantitative estimate of drug-likeness (QED) is 0.360. The maximum atomic E-state index is 12.7. The number of ether oxygens (including phenoxy) is 3. The first kappa shape index (κ1) is 23.6. The molecular formula is C26H26N2O5. The van der Waals surface area contributed by atoms with Crippen LogP contribution in [0, 0.1) is 25.2 Å². The number of hydrogen-bond acceptors (Lipinski definition) is 6. The molecule has 0 atom stereocenters. The smallest absolute Gasteiger partial charge is 0.338 e. The van der Waals surface area contributed by atoms with E-state index in [-0.39, 0.29) is 12.4 Å². The fourth-order valence-electron chi connectivity index (χ4n) is 3.68. The van der Waals surface area contributed by atoms with Crippen LogP contribution in [0.4, 0.5) is 0 Å². The Kier molecular flexibility index (Phi) is 7.52. The highest BCUT2D eigenvalue weighted by atomic mass is 16.5. The minimum absolute atomic E-state index is 0.262. The van der Waals surface area contributed by atoms with E-state index >= 15 is 0 Å². The highest BCUT2D eigenvalue weighted by Crippen LogP contribution is 2.28. The third-order valence-corrected chi connectivity index (χ3v) is 5.53. The molecule has 7 nitrogen and oxygen atoms in total. The largest absolute Gasteiger partial charge is 0.493 e. The Morgan fingerprint density at radius 3 is 2.30 bits per heavy atom. The second kappa shape index (κ2) is 10.5. The first-order valence-electron chi connectivity index (χ1n) is 10.5. The molecule has 0 saturated carbocycles. The Balaban J connectivity index is 1.65. The summed E-state index contributed by atoms with van der Waals surface area (Å²) in [5, 5.41) is 8.84. The molecule has 0 fully saturated rings. The summed E-state index contributed by atoms with van der Waals surface area (Å²) < 4.78 is 17.9. The summed E-state index contributed by atoms with van der Waals surface area (Å²) in [7, 11) is 3.21. The number of hydrogen-bond donors (Lipinski definition) is 0. The van der Waals surface area contributed by atoms with Gasteiger partial charge in [-0.15, -0.1) is 0 Å². The maximum Gasteiger partial charge on any atom is 0.338 e. The molecule has 0 N–H and O–H groups in total. The monoisotopic (exact) mass is 446 g/mol. The number of aryl methyl sites for hydroxylation is 2. The molecular weight excluding hydrogens is 420 g/mol. The van der Waals surface area contributed by atoms with Gasteiger partial charge in [-0.2, -0.15) is 5.26 Å². The van der Waals surface area contributed by atoms with Crippen LogP contribution in [0.25, 0.3) is 0 Å². The van der Waals surface area contributed by atoms with Crippen LogP contribution in [0.15, 0.2) is 48.5 Å². The van der Waals surface area contributed by atoms with E-state index in [0.717, 1.165) is 23.4 Å². The number of Topliss-reactive ketones (excluding diaryl/α,β-unsaturated/α-hetero) is 1. The van der Waals surface area contributed by atoms with Crippen LogP contribution in [0.3, 0.4) is 0 Å². The normalized spacial score (nSPS) is 10.4. The fourth-order valence-corrected chi connectivity index (χ4v) is 3.68. The number of rotatable bonds is 9. The van der Waals surface area contributed by atoms with E-state index in [2.05, 4.69) is 4.57 Å². The Bertz CT molecular complexity index is 1200. The zero-order valence-corrected chi connectivity index (χ0v) is 19.2. The van der Waals surface area contributed by atoms with Crippen molar-refractivity contribution in [3.8, 4) is 17.6 Å². The summed E-state index contributed by atoms with van der Waals surface area (Å²) in [6.07, 6.45) is 0.748. The molecule has 0 spiro atoms. The van der Waals surface area contributed by atoms with Crippen LogP contribution in [0.2, 0.25) is 0 Å². The summed E-state index contributed by atoms with van der Waals surface area (Å²) in [5.41, 5.74) is 4.14. The summed E-state index contributed by atoms with van der Waals surface area (Å²) in [5.74, 6) is 0.492. The molecule has 0 radical (unpaired) electrons. The number of carbonyl (C=O) groups excluding carboxylic acids is 2. The maximum absolute atomic E-state index is 12.7. The molecule has 1 aromatic heterocycles. The van der Waals surface area contributed by atoms with Crippen molar-refractivity contribution in [2.24, 2.45) is 0 Å². The van der Waals surface area contributed by atoms with Gasteiger partial charge in [-0.25, -0.2) is 4.79 Å². The highest BCUT2D eigenvalue weighted by Gasteiger charge is 2.18. The van der Waals surface area contributed by atoms with Crippen LogP contribution in [0.5, 0.6) is 11.5 Å². The molecule has 0 bridgehead atoms. The van der Waals surface area contributed by atoms with Crippen molar-refractivity contribution in [1.29, 1.82) is 5.26 Å². The third-order valence-electron chi connectivity index (χ3n) is 5.53. The van der Waals surface area contributed by atoms with Crippen molar-refractivity contribution in [1.82, 2.24) is 4.57 Å². The van der Waals surface area contributed by atoms with E-state index in [1.165, 1.54) is 24.3 Å². The van der Waals surface area contributed by atoms with Crippen LogP contribution in [-0.2, 0) is 17.7 Å². The minimum atomic E-state index is -0.602. The number of carbonyl (C=O) groups is 2. The summed E-state index contributed by atoms with van der Waals surface area (Å²) in [4.78, 5) is 24.9. The second-order valence-corrected chi connectivity index (χ2v) is 7.56. The molecule has 0 aliphatic carbocycles. The van der Waals surface area contributed by atoms with Crippen molar-refractivity contribution >= 4 is 11.8 Å². The van der Waals surface area contributed by atoms with Gasteiger partial charge in [0, 0.05) is 23.5 Å². The van der Waals surface area contributed by atoms with Gasteiger partial charge in [-0.1, -0.05) is 6.07 Å². The third kappa shape index (κ3) is 5.42. The zero-order valence-electron chi connectivity index (χ0n) is 19.2. The van der Waals surface area contributed by atoms with Gasteiger partial charge in [-0.05, 0) is 68.3 Å². The molecule has 2 aromatic carbocycles. The van der Waals surface area contributed by atoms with Crippen LogP contribution in [0.1, 0.15) is 43.2 Å². The Hall–Kier alpha value is -4.05. The van der Waals surface area contributed by atoms with Gasteiger partial charge in [0.25, 0.3) is 0 Å². The predicted molar refractivity (Wildman–Crippen MR) is 123 cm³/mol. The Morgan fingerprint density at radius 2 is 1.67 bits per heavy atom. The van der Waals surface area contributed by atoms with Crippen LogP contribution < -0.4 is 9.47 Å². The molecule has 0 aliphatic heterocycles. The van der Waals surface area contributed by atoms with Gasteiger partial charge < -0.3 is 18.8 Å². The lowest BCUT2D eigenvalue weighted by Crippen LogP contribution is -2.15. The Morgan fingerprint density at radius 1 is 0.970 bits per heavy atom. The molecule has 0 unspecified atom stereocenters. The minimum Gasteiger partial charge on any atom is -0.493 e. The number of benzene rings is 2. The fraction of sp³-hybridized carbons (Fsp3) is 0.269. The SMILES string of the molecule is COc1ccc(CCn2c(C)cc(C(=O)COC(=O)c3ccc(C#N)cc3)c2C)cc1OC. The van der Waals surface area contributed by atoms with E-state index in [0.29, 0.717) is 34.7 Å². The number of nitriles is 1. The topological polar surface area (TPSA) is 90.5 Å². The van der Waals surface area contributed by atoms with Gasteiger partial charge in [0.15, 0.2) is 18.1 Å². The average molecular weight is 447 g/mol. The number of aromatic nitrogens is 1. The van der Waals surface area contributed by atoms with Gasteiger partial charge in [0.2, 0.25) is 5.78 Å². The standard InChI is InChI=1S/C26H26N2O5/c1-17-13-22(23(29)16-33-26(30)21-8-5-20(15-27)6-9-21)18(2)28(17)12-11-19-7-10-24(31-3)25(14-19)32-4/h5-10,13-14H,11-12,16H2,1-4H3. The van der Waals surface area contributed by atoms with E-state index in [9.17, 15) is 9.59 Å². The number of nitrogens with zero attached hydrogens (tertiary/aromatic N) is 2. The summed E-state index contributed by atoms with van der Waals surface area (Å²) in [6, 6.07) is 15.7. The van der Waals surface area contributed by atoms with Crippen molar-refractivity contribution < 1.29 is 23.8 Å². The van der Waals surface area contributed by atoms with Crippen molar-refractivity contribution in [2.45, 2.75) is 26.8 Å². The lowest BCUT2D eigenvalue weighted by Gasteiger charge is -2.12. The van der Waals surface area contributed by atoms with Gasteiger partial charge in [0.1, 0.15) is 0 Å². The van der Waals surface area contributed by atoms with Crippen molar-refractivity contribution in [2.75, 3.05) is 20.8 Å². The molecule has 7 heteroatoms. The van der Waals surface area contributed by atoms with Gasteiger partial charge in [0.05, 0.1) is 31.4 Å². The first-order valence-corrected chi connectivity index (χ1v) is 10.5. The average Bonchev–Trinajstić information content (AvgIpc) is 3.13. The number of esters is 1. The van der Waals surface area contributed by atoms with Crippen LogP contribution >= 0.6 is 0 Å². The van der Waals surface area contributed by atoms with Crippen molar-refractivity contribution in [3.05, 3.63) is 82.2 Å². The molecule has 3 rings (SSSR count). The molecule has 33 heavy (non-hydrogen) atoms. The molecule has 3 aromatic rings. The van der Waals surface area contributed by atoms with Gasteiger partial charge in [-0.3, -0.25) is 4.79 Å². The van der Waals surface area contributed by atoms with Crippen LogP contribution in [-0.4, -0.2) is 37.1 Å². The molecule has 0 aliphatic rings. The Labute approximate surface area is 193 Å². The zero-order chi connectivity index (χ0) is 24.0. The summed E-state index contributed by atoms with van der Waals surface area (Å²) >= 11 is 0. The molecule has 0 saturated heterocycles. The molecule has 1 heterocycles. The van der Waals surface area contributed by atoms with E-state index < -0.39 is 5.97 Å². The lowest BCUT2D eigenvalue weighted by atomic mass is 10.1. The van der Waals surface area contributed by atoms with Gasteiger partial charge >= 0.3 is 5.97 Å². The molecule has 170 valence electrons. The van der Waals surface area contributed by atoms with E-state index in [4.69, 9.17) is 19.5 Å². The second-order valence-electron chi connectivity index (χ2n) is 7.56. The lowest BCUT2D eigenvalue weighted by molar-refractivity contribution is 0.0474.